The number of esters is 1. The normalized spacial score (nSPS) is 27.3. The Morgan fingerprint density at radius 2 is 1.90 bits per heavy atom. The molecule has 3 heterocycles. The van der Waals surface area contributed by atoms with Gasteiger partial charge in [-0.05, 0) is 73.3 Å². The van der Waals surface area contributed by atoms with Gasteiger partial charge in [0.15, 0.2) is 5.82 Å². The standard InChI is InChI=1S/C33H43N6O8P/c1-20(30(42)45-23-15-32(16-23)13-5-6-14-32)38-48(43,47-22-9-7-21(8-10-22)31(2,3)4)44-17-25-27(40)28(41)33(18-34,46-25)26-12-11-24-29(35)36-19-37-39(24)26/h7-12,19-20,23,25,27-28,40-41H,5-6,13-17H2,1-4H3,(H,38,43)(H2,35,36,37)/t20-,25+,27+,28+,33-,48?/m0/s1. The molecular weight excluding hydrogens is 639 g/mol. The molecule has 14 nitrogen and oxygen atoms in total. The number of hydrogen-bond donors (Lipinski definition) is 4. The van der Waals surface area contributed by atoms with Crippen LogP contribution in [0.4, 0.5) is 5.82 Å². The Labute approximate surface area is 279 Å². The lowest BCUT2D eigenvalue weighted by atomic mass is 9.65. The number of anilines is 1. The van der Waals surface area contributed by atoms with Gasteiger partial charge in [0.1, 0.15) is 54.1 Å². The number of rotatable bonds is 10. The maximum absolute atomic E-state index is 14.3. The van der Waals surface area contributed by atoms with Crippen LogP contribution in [0.25, 0.3) is 5.52 Å². The molecule has 2 aliphatic carbocycles. The lowest BCUT2D eigenvalue weighted by molar-refractivity contribution is -0.162. The second-order valence-corrected chi connectivity index (χ2v) is 16.0. The highest BCUT2D eigenvalue weighted by molar-refractivity contribution is 7.52. The summed E-state index contributed by atoms with van der Waals surface area (Å²) in [6.45, 7) is 7.10. The minimum atomic E-state index is -4.37. The number of nitrogens with one attached hydrogen (secondary N) is 1. The number of aliphatic hydroxyl groups is 2. The van der Waals surface area contributed by atoms with Crippen LogP contribution in [0.1, 0.15) is 77.5 Å². The van der Waals surface area contributed by atoms with Crippen LogP contribution in [0, 0.1) is 16.7 Å². The van der Waals surface area contributed by atoms with Gasteiger partial charge in [-0.25, -0.2) is 14.1 Å². The second kappa shape index (κ2) is 12.7. The van der Waals surface area contributed by atoms with Gasteiger partial charge in [0.05, 0.1) is 12.3 Å². The summed E-state index contributed by atoms with van der Waals surface area (Å²) in [5.74, 6) is -0.251. The van der Waals surface area contributed by atoms with Gasteiger partial charge in [0, 0.05) is 0 Å². The summed E-state index contributed by atoms with van der Waals surface area (Å²) in [7, 11) is -4.37. The number of hydrogen-bond acceptors (Lipinski definition) is 12. The van der Waals surface area contributed by atoms with Crippen molar-refractivity contribution >= 4 is 25.1 Å². The first kappa shape index (κ1) is 34.3. The fraction of sp³-hybridized carbons (Fsp3) is 0.576. The summed E-state index contributed by atoms with van der Waals surface area (Å²) < 4.78 is 39.0. The van der Waals surface area contributed by atoms with Crippen LogP contribution in [-0.4, -0.2) is 67.8 Å². The Morgan fingerprint density at radius 1 is 1.21 bits per heavy atom. The van der Waals surface area contributed by atoms with Crippen molar-refractivity contribution < 1.29 is 38.1 Å². The number of ether oxygens (including phenoxy) is 2. The molecule has 3 fully saturated rings. The van der Waals surface area contributed by atoms with E-state index in [4.69, 9.17) is 24.3 Å². The number of nitrogens with zero attached hydrogens (tertiary/aromatic N) is 4. The number of aliphatic hydroxyl groups excluding tert-OH is 2. The highest BCUT2D eigenvalue weighted by Crippen LogP contribution is 2.54. The molecule has 2 aromatic heterocycles. The zero-order valence-corrected chi connectivity index (χ0v) is 28.4. The Morgan fingerprint density at radius 3 is 2.54 bits per heavy atom. The Balaban J connectivity index is 1.19. The van der Waals surface area contributed by atoms with E-state index in [0.717, 1.165) is 31.2 Å². The van der Waals surface area contributed by atoms with Gasteiger partial charge in [-0.2, -0.15) is 15.4 Å². The van der Waals surface area contributed by atoms with E-state index >= 15 is 0 Å². The molecule has 2 saturated carbocycles. The molecule has 1 spiro atoms. The van der Waals surface area contributed by atoms with E-state index in [-0.39, 0.29) is 34.2 Å². The number of nitrogens with two attached hydrogens (primary N) is 1. The van der Waals surface area contributed by atoms with Crippen molar-refractivity contribution in [1.82, 2.24) is 19.7 Å². The Hall–Kier alpha value is -3.57. The number of benzene rings is 1. The van der Waals surface area contributed by atoms with Crippen LogP contribution in [0.2, 0.25) is 0 Å². The van der Waals surface area contributed by atoms with Crippen LogP contribution < -0.4 is 15.3 Å². The molecule has 6 rings (SSSR count). The minimum absolute atomic E-state index is 0.103. The summed E-state index contributed by atoms with van der Waals surface area (Å²) in [6, 6.07) is 10.9. The number of carbonyl (C=O) groups excluding carboxylic acids is 1. The van der Waals surface area contributed by atoms with Gasteiger partial charge >= 0.3 is 13.7 Å². The van der Waals surface area contributed by atoms with Crippen molar-refractivity contribution in [1.29, 1.82) is 5.26 Å². The Kier molecular flexibility index (Phi) is 9.08. The monoisotopic (exact) mass is 682 g/mol. The molecule has 6 atom stereocenters. The third-order valence-electron chi connectivity index (χ3n) is 9.82. The lowest BCUT2D eigenvalue weighted by Crippen LogP contribution is -2.45. The largest absolute Gasteiger partial charge is 0.461 e. The number of aromatic nitrogens is 3. The van der Waals surface area contributed by atoms with Gasteiger partial charge in [0.2, 0.25) is 5.60 Å². The summed E-state index contributed by atoms with van der Waals surface area (Å²) in [4.78, 5) is 17.0. The SMILES string of the molecule is C[C@H](NP(=O)(OC[C@H]1O[C@@](C#N)(c2ccc3c(N)ncnn23)[C@H](O)[C@@H]1O)Oc1ccc(C(C)(C)C)cc1)C(=O)OC1CC2(CCCC2)C1. The molecule has 1 aromatic carbocycles. The van der Waals surface area contributed by atoms with Crippen LogP contribution in [0.15, 0.2) is 42.7 Å². The van der Waals surface area contributed by atoms with Gasteiger partial charge in [0.25, 0.3) is 0 Å². The van der Waals surface area contributed by atoms with Crippen molar-refractivity contribution in [2.75, 3.05) is 12.3 Å². The first-order chi connectivity index (χ1) is 22.7. The van der Waals surface area contributed by atoms with E-state index in [9.17, 15) is 24.8 Å². The van der Waals surface area contributed by atoms with Crippen molar-refractivity contribution in [3.63, 3.8) is 0 Å². The molecule has 1 aliphatic heterocycles. The minimum Gasteiger partial charge on any atom is -0.461 e. The quantitative estimate of drug-likeness (QED) is 0.177. The van der Waals surface area contributed by atoms with Crippen molar-refractivity contribution in [2.45, 2.75) is 108 Å². The topological polar surface area (TPSA) is 204 Å². The molecule has 1 unspecified atom stereocenters. The fourth-order valence-corrected chi connectivity index (χ4v) is 8.55. The van der Waals surface area contributed by atoms with Crippen LogP contribution in [0.5, 0.6) is 5.75 Å². The molecule has 15 heteroatoms. The molecule has 48 heavy (non-hydrogen) atoms. The fourth-order valence-electron chi connectivity index (χ4n) is 7.05. The first-order valence-electron chi connectivity index (χ1n) is 16.2. The van der Waals surface area contributed by atoms with Crippen LogP contribution >= 0.6 is 7.75 Å². The summed E-state index contributed by atoms with van der Waals surface area (Å²) in [6.07, 6.45) is 2.61. The molecule has 5 N–H and O–H groups in total. The van der Waals surface area contributed by atoms with Gasteiger partial charge < -0.3 is 29.9 Å². The highest BCUT2D eigenvalue weighted by Gasteiger charge is 2.58. The molecule has 0 radical (unpaired) electrons. The third-order valence-corrected chi connectivity index (χ3v) is 11.5. The van der Waals surface area contributed by atoms with Crippen molar-refractivity contribution in [2.24, 2.45) is 5.41 Å². The third kappa shape index (κ3) is 6.43. The number of nitriles is 1. The van der Waals surface area contributed by atoms with E-state index in [1.807, 2.05) is 18.2 Å². The average molecular weight is 683 g/mol. The zero-order chi connectivity index (χ0) is 34.5. The van der Waals surface area contributed by atoms with E-state index in [1.54, 1.807) is 18.2 Å². The Bertz CT molecular complexity index is 1740. The highest BCUT2D eigenvalue weighted by atomic mass is 31.2. The van der Waals surface area contributed by atoms with E-state index in [0.29, 0.717) is 5.52 Å². The van der Waals surface area contributed by atoms with Crippen LogP contribution in [0.3, 0.4) is 0 Å². The predicted molar refractivity (Wildman–Crippen MR) is 174 cm³/mol. The lowest BCUT2D eigenvalue weighted by Gasteiger charge is -2.44. The molecule has 3 aromatic rings. The number of fused-ring (bicyclic) bond motifs is 1. The number of nitrogen functional groups attached to an aromatic ring is 1. The van der Waals surface area contributed by atoms with E-state index < -0.39 is 50.3 Å². The zero-order valence-electron chi connectivity index (χ0n) is 27.5. The van der Waals surface area contributed by atoms with Gasteiger partial charge in [-0.1, -0.05) is 45.7 Å². The summed E-state index contributed by atoms with van der Waals surface area (Å²) in [5.41, 5.74) is 5.49. The maximum Gasteiger partial charge on any atom is 0.459 e. The van der Waals surface area contributed by atoms with Crippen molar-refractivity contribution in [3.8, 4) is 11.8 Å². The average Bonchev–Trinajstić information content (AvgIpc) is 3.74. The molecular formula is C33H43N6O8P. The van der Waals surface area contributed by atoms with Gasteiger partial charge in [-0.15, -0.1) is 0 Å². The molecule has 258 valence electrons. The summed E-state index contributed by atoms with van der Waals surface area (Å²) in [5, 5.41) is 39.2. The predicted octanol–water partition coefficient (Wildman–Crippen LogP) is 3.90. The first-order valence-corrected chi connectivity index (χ1v) is 17.8. The smallest absolute Gasteiger partial charge is 0.459 e. The maximum atomic E-state index is 14.3. The summed E-state index contributed by atoms with van der Waals surface area (Å²) >= 11 is 0. The second-order valence-electron chi connectivity index (χ2n) is 14.3. The van der Waals surface area contributed by atoms with Crippen LogP contribution in [-0.2, 0) is 34.4 Å². The number of carbonyl (C=O) groups is 1. The van der Waals surface area contributed by atoms with Gasteiger partial charge in [-0.3, -0.25) is 9.32 Å². The molecule has 0 amide bonds. The molecule has 0 bridgehead atoms. The van der Waals surface area contributed by atoms with E-state index in [2.05, 4.69) is 35.9 Å². The van der Waals surface area contributed by atoms with Crippen molar-refractivity contribution in [3.05, 3.63) is 54.0 Å². The van der Waals surface area contributed by atoms with E-state index in [1.165, 1.54) is 36.7 Å². The molecule has 1 saturated heterocycles. The molecule has 3 aliphatic rings.